The molecule has 86 valence electrons. The van der Waals surface area contributed by atoms with Crippen molar-refractivity contribution in [3.63, 3.8) is 0 Å². The molecule has 0 unspecified atom stereocenters. The monoisotopic (exact) mass is 220 g/mol. The number of rotatable bonds is 5. The van der Waals surface area contributed by atoms with Gasteiger partial charge >= 0.3 is 5.97 Å². The van der Waals surface area contributed by atoms with Crippen LogP contribution in [0, 0.1) is 5.92 Å². The smallest absolute Gasteiger partial charge is 0.306 e. The van der Waals surface area contributed by atoms with Gasteiger partial charge in [0.1, 0.15) is 0 Å². The van der Waals surface area contributed by atoms with E-state index in [4.69, 9.17) is 0 Å². The van der Waals surface area contributed by atoms with Crippen LogP contribution in [-0.2, 0) is 9.53 Å². The van der Waals surface area contributed by atoms with E-state index in [2.05, 4.69) is 11.3 Å². The summed E-state index contributed by atoms with van der Waals surface area (Å²) in [6, 6.07) is 9.20. The number of esters is 1. The Bertz CT molecular complexity index is 345. The molecule has 0 bridgehead atoms. The van der Waals surface area contributed by atoms with Crippen LogP contribution in [0.5, 0.6) is 0 Å². The van der Waals surface area contributed by atoms with Crippen LogP contribution < -0.4 is 0 Å². The molecule has 3 heteroatoms. The molecular formula is C13H16O3. The Morgan fingerprint density at radius 3 is 2.62 bits per heavy atom. The summed E-state index contributed by atoms with van der Waals surface area (Å²) in [5.41, 5.74) is 0.774. The van der Waals surface area contributed by atoms with Gasteiger partial charge in [-0.25, -0.2) is 0 Å². The lowest BCUT2D eigenvalue weighted by atomic mass is 9.93. The average Bonchev–Trinajstić information content (AvgIpc) is 2.35. The molecule has 2 atom stereocenters. The van der Waals surface area contributed by atoms with Gasteiger partial charge in [0, 0.05) is 5.92 Å². The van der Waals surface area contributed by atoms with Gasteiger partial charge in [0.25, 0.3) is 0 Å². The molecule has 1 N–H and O–H groups in total. The molecule has 0 amide bonds. The minimum Gasteiger partial charge on any atom is -0.469 e. The highest BCUT2D eigenvalue weighted by Crippen LogP contribution is 2.25. The van der Waals surface area contributed by atoms with Crippen LogP contribution in [-0.4, -0.2) is 18.2 Å². The van der Waals surface area contributed by atoms with E-state index in [1.807, 2.05) is 30.3 Å². The Hall–Kier alpha value is -1.61. The van der Waals surface area contributed by atoms with Crippen LogP contribution in [0.4, 0.5) is 0 Å². The van der Waals surface area contributed by atoms with Crippen molar-refractivity contribution in [2.24, 2.45) is 5.92 Å². The summed E-state index contributed by atoms with van der Waals surface area (Å²) in [6.45, 7) is 3.63. The summed E-state index contributed by atoms with van der Waals surface area (Å²) in [6.07, 6.45) is 0.989. The second-order valence-corrected chi connectivity index (χ2v) is 3.54. The summed E-state index contributed by atoms with van der Waals surface area (Å²) < 4.78 is 4.57. The van der Waals surface area contributed by atoms with Crippen molar-refractivity contribution in [3.8, 4) is 0 Å². The Morgan fingerprint density at radius 1 is 1.50 bits per heavy atom. The van der Waals surface area contributed by atoms with Crippen molar-refractivity contribution in [3.05, 3.63) is 48.6 Å². The molecule has 0 saturated carbocycles. The van der Waals surface area contributed by atoms with E-state index >= 15 is 0 Å². The zero-order valence-corrected chi connectivity index (χ0v) is 9.30. The fourth-order valence-corrected chi connectivity index (χ4v) is 1.50. The van der Waals surface area contributed by atoms with Crippen molar-refractivity contribution in [2.45, 2.75) is 12.5 Å². The quantitative estimate of drug-likeness (QED) is 0.610. The molecule has 0 aliphatic heterocycles. The number of hydrogen-bond acceptors (Lipinski definition) is 3. The first-order valence-electron chi connectivity index (χ1n) is 5.11. The second kappa shape index (κ2) is 6.08. The molecule has 0 aliphatic carbocycles. The van der Waals surface area contributed by atoms with Gasteiger partial charge in [-0.3, -0.25) is 4.79 Å². The first-order valence-corrected chi connectivity index (χ1v) is 5.11. The van der Waals surface area contributed by atoms with Gasteiger partial charge in [-0.1, -0.05) is 36.4 Å². The van der Waals surface area contributed by atoms with E-state index in [1.54, 1.807) is 6.08 Å². The van der Waals surface area contributed by atoms with Crippen LogP contribution in [0.25, 0.3) is 0 Å². The lowest BCUT2D eigenvalue weighted by molar-refractivity contribution is -0.142. The van der Waals surface area contributed by atoms with Crippen LogP contribution in [0.15, 0.2) is 43.0 Å². The third-order valence-electron chi connectivity index (χ3n) is 2.48. The molecular weight excluding hydrogens is 204 g/mol. The molecule has 0 heterocycles. The summed E-state index contributed by atoms with van der Waals surface area (Å²) in [5, 5.41) is 10.0. The van der Waals surface area contributed by atoms with Gasteiger partial charge in [0.05, 0.1) is 19.6 Å². The molecule has 16 heavy (non-hydrogen) atoms. The number of benzene rings is 1. The van der Waals surface area contributed by atoms with Gasteiger partial charge < -0.3 is 9.84 Å². The van der Waals surface area contributed by atoms with Crippen LogP contribution in [0.2, 0.25) is 0 Å². The zero-order valence-electron chi connectivity index (χ0n) is 9.30. The highest BCUT2D eigenvalue weighted by molar-refractivity contribution is 5.69. The third-order valence-corrected chi connectivity index (χ3v) is 2.48. The fraction of sp³-hybridized carbons (Fsp3) is 0.308. The number of hydrogen-bond donors (Lipinski definition) is 1. The predicted molar refractivity (Wildman–Crippen MR) is 61.7 cm³/mol. The van der Waals surface area contributed by atoms with E-state index in [0.29, 0.717) is 0 Å². The van der Waals surface area contributed by atoms with Gasteiger partial charge in [0.2, 0.25) is 0 Å². The van der Waals surface area contributed by atoms with E-state index in [0.717, 1.165) is 5.56 Å². The molecule has 1 aromatic rings. The molecule has 0 spiro atoms. The normalized spacial score (nSPS) is 13.9. The van der Waals surface area contributed by atoms with E-state index in [1.165, 1.54) is 7.11 Å². The van der Waals surface area contributed by atoms with Crippen molar-refractivity contribution < 1.29 is 14.6 Å². The van der Waals surface area contributed by atoms with Crippen molar-refractivity contribution in [2.75, 3.05) is 7.11 Å². The maximum absolute atomic E-state index is 11.1. The van der Waals surface area contributed by atoms with Crippen LogP contribution in [0.1, 0.15) is 18.1 Å². The standard InChI is InChI=1S/C13H16O3/c1-3-10(9-12(14)16-2)13(15)11-7-5-4-6-8-11/h3-8,10,13,15H,1,9H2,2H3/t10-,13+/m0/s1. The highest BCUT2D eigenvalue weighted by Gasteiger charge is 2.21. The van der Waals surface area contributed by atoms with Gasteiger partial charge in [0.15, 0.2) is 0 Å². The largest absolute Gasteiger partial charge is 0.469 e. The number of methoxy groups -OCH3 is 1. The summed E-state index contributed by atoms with van der Waals surface area (Å²) in [7, 11) is 1.33. The van der Waals surface area contributed by atoms with Crippen LogP contribution >= 0.6 is 0 Å². The van der Waals surface area contributed by atoms with Crippen molar-refractivity contribution in [1.29, 1.82) is 0 Å². The molecule has 0 radical (unpaired) electrons. The SMILES string of the molecule is C=C[C@@H](CC(=O)OC)[C@@H](O)c1ccccc1. The summed E-state index contributed by atoms with van der Waals surface area (Å²) in [4.78, 5) is 11.1. The average molecular weight is 220 g/mol. The third kappa shape index (κ3) is 3.21. The summed E-state index contributed by atoms with van der Waals surface area (Å²) in [5.74, 6) is -0.672. The van der Waals surface area contributed by atoms with E-state index in [-0.39, 0.29) is 18.3 Å². The Labute approximate surface area is 95.4 Å². The predicted octanol–water partition coefficient (Wildman–Crippen LogP) is 2.09. The van der Waals surface area contributed by atoms with Gasteiger partial charge in [-0.2, -0.15) is 0 Å². The number of carbonyl (C=O) groups is 1. The lowest BCUT2D eigenvalue weighted by Gasteiger charge is -2.18. The number of carbonyl (C=O) groups excluding carboxylic acids is 1. The van der Waals surface area contributed by atoms with Crippen LogP contribution in [0.3, 0.4) is 0 Å². The minimum atomic E-state index is -0.724. The molecule has 0 aromatic heterocycles. The van der Waals surface area contributed by atoms with E-state index in [9.17, 15) is 9.90 Å². The highest BCUT2D eigenvalue weighted by atomic mass is 16.5. The fourth-order valence-electron chi connectivity index (χ4n) is 1.50. The molecule has 3 nitrogen and oxygen atoms in total. The molecule has 0 fully saturated rings. The Balaban J connectivity index is 2.73. The first-order chi connectivity index (χ1) is 7.69. The Kier molecular flexibility index (Phi) is 4.73. The molecule has 1 rings (SSSR count). The molecule has 0 saturated heterocycles. The van der Waals surface area contributed by atoms with E-state index < -0.39 is 6.10 Å². The maximum atomic E-state index is 11.1. The minimum absolute atomic E-state index is 0.135. The molecule has 0 aliphatic rings. The van der Waals surface area contributed by atoms with Crippen molar-refractivity contribution >= 4 is 5.97 Å². The zero-order chi connectivity index (χ0) is 12.0. The second-order valence-electron chi connectivity index (χ2n) is 3.54. The van der Waals surface area contributed by atoms with Gasteiger partial charge in [-0.05, 0) is 5.56 Å². The molecule has 1 aromatic carbocycles. The first kappa shape index (κ1) is 12.5. The number of ether oxygens (including phenoxy) is 1. The summed E-state index contributed by atoms with van der Waals surface area (Å²) >= 11 is 0. The number of aliphatic hydroxyl groups is 1. The number of aliphatic hydroxyl groups excluding tert-OH is 1. The van der Waals surface area contributed by atoms with Crippen molar-refractivity contribution in [1.82, 2.24) is 0 Å². The lowest BCUT2D eigenvalue weighted by Crippen LogP contribution is -2.15. The Morgan fingerprint density at radius 2 is 2.12 bits per heavy atom. The topological polar surface area (TPSA) is 46.5 Å². The van der Waals surface area contributed by atoms with Gasteiger partial charge in [-0.15, -0.1) is 6.58 Å². The maximum Gasteiger partial charge on any atom is 0.306 e.